The van der Waals surface area contributed by atoms with E-state index >= 15 is 0 Å². The van der Waals surface area contributed by atoms with Crippen LogP contribution < -0.4 is 4.74 Å². The van der Waals surface area contributed by atoms with Crippen LogP contribution in [0.5, 0.6) is 5.88 Å². The van der Waals surface area contributed by atoms with Crippen molar-refractivity contribution < 1.29 is 18.3 Å². The van der Waals surface area contributed by atoms with E-state index in [0.717, 1.165) is 5.56 Å². The zero-order valence-electron chi connectivity index (χ0n) is 12.7. The average Bonchev–Trinajstić information content (AvgIpc) is 2.91. The molecule has 1 aliphatic rings. The third-order valence-corrected chi connectivity index (χ3v) is 3.91. The largest absolute Gasteiger partial charge is 0.474 e. The summed E-state index contributed by atoms with van der Waals surface area (Å²) in [6.07, 6.45) is 6.14. The number of carbonyl (C=O) groups is 1. The molecule has 0 radical (unpaired) electrons. The van der Waals surface area contributed by atoms with Crippen molar-refractivity contribution in [3.8, 4) is 5.88 Å². The Bertz CT molecular complexity index is 745. The standard InChI is InChI=1S/C16H17F2N3O2/c1-10(22)2-3-11-8-19-14-13(11)15(21-9-20-14)23-12-4-6-16(17,18)7-5-12/h2-3,8-9,12H,4-7H2,1H3,(H,19,20,21)/b3-2+. The molecular weight excluding hydrogens is 304 g/mol. The fraction of sp³-hybridized carbons (Fsp3) is 0.438. The van der Waals surface area contributed by atoms with Gasteiger partial charge >= 0.3 is 0 Å². The number of ketones is 1. The first-order valence-electron chi connectivity index (χ1n) is 7.50. The molecule has 0 unspecified atom stereocenters. The van der Waals surface area contributed by atoms with Gasteiger partial charge in [-0.25, -0.2) is 18.7 Å². The van der Waals surface area contributed by atoms with E-state index in [4.69, 9.17) is 4.74 Å². The minimum absolute atomic E-state index is 0.0758. The highest BCUT2D eigenvalue weighted by molar-refractivity contribution is 5.96. The number of rotatable bonds is 4. The molecule has 0 atom stereocenters. The lowest BCUT2D eigenvalue weighted by Gasteiger charge is -2.28. The van der Waals surface area contributed by atoms with Crippen LogP contribution in [0.1, 0.15) is 38.2 Å². The van der Waals surface area contributed by atoms with Gasteiger partial charge in [0.25, 0.3) is 0 Å². The van der Waals surface area contributed by atoms with Gasteiger partial charge in [-0.3, -0.25) is 4.79 Å². The van der Waals surface area contributed by atoms with Crippen molar-refractivity contribution >= 4 is 22.9 Å². The highest BCUT2D eigenvalue weighted by atomic mass is 19.3. The summed E-state index contributed by atoms with van der Waals surface area (Å²) >= 11 is 0. The van der Waals surface area contributed by atoms with E-state index in [1.807, 2.05) is 0 Å². The smallest absolute Gasteiger partial charge is 0.248 e. The molecule has 1 saturated carbocycles. The molecule has 122 valence electrons. The van der Waals surface area contributed by atoms with Crippen LogP contribution in [-0.4, -0.2) is 32.8 Å². The average molecular weight is 321 g/mol. The van der Waals surface area contributed by atoms with Gasteiger partial charge in [-0.2, -0.15) is 0 Å². The highest BCUT2D eigenvalue weighted by Gasteiger charge is 2.36. The summed E-state index contributed by atoms with van der Waals surface area (Å²) in [7, 11) is 0. The molecule has 1 fully saturated rings. The summed E-state index contributed by atoms with van der Waals surface area (Å²) in [5.74, 6) is -2.31. The molecule has 5 nitrogen and oxygen atoms in total. The maximum absolute atomic E-state index is 13.2. The minimum Gasteiger partial charge on any atom is -0.474 e. The minimum atomic E-state index is -2.59. The van der Waals surface area contributed by atoms with E-state index in [1.165, 1.54) is 19.3 Å². The number of nitrogens with one attached hydrogen (secondary N) is 1. The van der Waals surface area contributed by atoms with E-state index in [2.05, 4.69) is 15.0 Å². The molecule has 0 bridgehead atoms. The van der Waals surface area contributed by atoms with E-state index in [9.17, 15) is 13.6 Å². The van der Waals surface area contributed by atoms with Crippen LogP contribution in [-0.2, 0) is 4.79 Å². The second-order valence-electron chi connectivity index (χ2n) is 5.76. The topological polar surface area (TPSA) is 67.9 Å². The predicted molar refractivity (Wildman–Crippen MR) is 81.4 cm³/mol. The number of hydrogen-bond donors (Lipinski definition) is 1. The Balaban J connectivity index is 1.86. The molecule has 2 heterocycles. The number of H-pyrrole nitrogens is 1. The zero-order valence-corrected chi connectivity index (χ0v) is 12.7. The third-order valence-electron chi connectivity index (χ3n) is 3.91. The highest BCUT2D eigenvalue weighted by Crippen LogP contribution is 2.36. The Morgan fingerprint density at radius 3 is 2.83 bits per heavy atom. The van der Waals surface area contributed by atoms with E-state index in [1.54, 1.807) is 12.3 Å². The van der Waals surface area contributed by atoms with Crippen LogP contribution in [0.2, 0.25) is 0 Å². The Morgan fingerprint density at radius 1 is 1.39 bits per heavy atom. The summed E-state index contributed by atoms with van der Waals surface area (Å²) in [6.45, 7) is 1.46. The lowest BCUT2D eigenvalue weighted by molar-refractivity contribution is -0.112. The van der Waals surface area contributed by atoms with Gasteiger partial charge in [0, 0.05) is 24.6 Å². The Morgan fingerprint density at radius 2 is 2.13 bits per heavy atom. The number of hydrogen-bond acceptors (Lipinski definition) is 4. The fourth-order valence-corrected chi connectivity index (χ4v) is 2.67. The number of halogens is 2. The molecule has 0 amide bonds. The van der Waals surface area contributed by atoms with Crippen LogP contribution in [0, 0.1) is 0 Å². The summed E-state index contributed by atoms with van der Waals surface area (Å²) in [6, 6.07) is 0. The van der Waals surface area contributed by atoms with Gasteiger partial charge in [0.1, 0.15) is 18.1 Å². The molecular formula is C16H17F2N3O2. The quantitative estimate of drug-likeness (QED) is 0.875. The monoisotopic (exact) mass is 321 g/mol. The lowest BCUT2D eigenvalue weighted by Crippen LogP contribution is -2.31. The third kappa shape index (κ3) is 3.55. The fourth-order valence-electron chi connectivity index (χ4n) is 2.67. The van der Waals surface area contributed by atoms with Gasteiger partial charge in [0.2, 0.25) is 11.8 Å². The number of fused-ring (bicyclic) bond motifs is 1. The first-order valence-corrected chi connectivity index (χ1v) is 7.50. The second kappa shape index (κ2) is 6.06. The Hall–Kier alpha value is -2.31. The van der Waals surface area contributed by atoms with Gasteiger partial charge < -0.3 is 9.72 Å². The molecule has 23 heavy (non-hydrogen) atoms. The van der Waals surface area contributed by atoms with Crippen molar-refractivity contribution in [1.82, 2.24) is 15.0 Å². The molecule has 0 aliphatic heterocycles. The Kier molecular flexibility index (Phi) is 4.11. The van der Waals surface area contributed by atoms with Crippen LogP contribution in [0.25, 0.3) is 17.1 Å². The molecule has 2 aromatic heterocycles. The summed E-state index contributed by atoms with van der Waals surface area (Å²) in [4.78, 5) is 22.4. The molecule has 7 heteroatoms. The number of alkyl halides is 2. The van der Waals surface area contributed by atoms with Gasteiger partial charge in [0.15, 0.2) is 5.78 Å². The number of aromatic amines is 1. The van der Waals surface area contributed by atoms with Crippen LogP contribution in [0.3, 0.4) is 0 Å². The Labute approximate surface area is 131 Å². The molecule has 1 N–H and O–H groups in total. The van der Waals surface area contributed by atoms with E-state index < -0.39 is 5.92 Å². The van der Waals surface area contributed by atoms with Crippen molar-refractivity contribution in [2.45, 2.75) is 44.6 Å². The van der Waals surface area contributed by atoms with Crippen LogP contribution in [0.15, 0.2) is 18.6 Å². The van der Waals surface area contributed by atoms with Gasteiger partial charge in [-0.05, 0) is 31.9 Å². The zero-order chi connectivity index (χ0) is 16.4. The van der Waals surface area contributed by atoms with Crippen molar-refractivity contribution in [2.75, 3.05) is 0 Å². The van der Waals surface area contributed by atoms with Gasteiger partial charge in [0.05, 0.1) is 5.39 Å². The maximum atomic E-state index is 13.2. The van der Waals surface area contributed by atoms with Crippen molar-refractivity contribution in [1.29, 1.82) is 0 Å². The number of carbonyl (C=O) groups excluding carboxylic acids is 1. The first kappa shape index (κ1) is 15.6. The van der Waals surface area contributed by atoms with Crippen molar-refractivity contribution in [3.63, 3.8) is 0 Å². The maximum Gasteiger partial charge on any atom is 0.248 e. The van der Waals surface area contributed by atoms with E-state index in [0.29, 0.717) is 29.8 Å². The van der Waals surface area contributed by atoms with E-state index in [-0.39, 0.29) is 24.7 Å². The summed E-state index contributed by atoms with van der Waals surface area (Å²) < 4.78 is 32.3. The van der Waals surface area contributed by atoms with Crippen LogP contribution in [0.4, 0.5) is 8.78 Å². The molecule has 2 aromatic rings. The molecule has 0 aromatic carbocycles. The summed E-state index contributed by atoms with van der Waals surface area (Å²) in [5.41, 5.74) is 1.31. The van der Waals surface area contributed by atoms with Crippen molar-refractivity contribution in [3.05, 3.63) is 24.2 Å². The SMILES string of the molecule is CC(=O)/C=C/c1c[nH]c2ncnc(OC3CCC(F)(F)CC3)c12. The second-order valence-corrected chi connectivity index (χ2v) is 5.76. The lowest BCUT2D eigenvalue weighted by atomic mass is 9.94. The van der Waals surface area contributed by atoms with Gasteiger partial charge in [-0.15, -0.1) is 0 Å². The number of ether oxygens (including phenoxy) is 1. The molecule has 0 saturated heterocycles. The first-order chi connectivity index (χ1) is 10.9. The van der Waals surface area contributed by atoms with Crippen LogP contribution >= 0.6 is 0 Å². The summed E-state index contributed by atoms with van der Waals surface area (Å²) in [5, 5.41) is 0.655. The number of allylic oxidation sites excluding steroid dienone is 1. The number of nitrogens with zero attached hydrogens (tertiary/aromatic N) is 2. The molecule has 1 aliphatic carbocycles. The predicted octanol–water partition coefficient (Wildman–Crippen LogP) is 3.52. The van der Waals surface area contributed by atoms with Gasteiger partial charge in [-0.1, -0.05) is 0 Å². The molecule has 3 rings (SSSR count). The normalized spacial score (nSPS) is 18.6. The molecule has 0 spiro atoms. The number of aromatic nitrogens is 3. The van der Waals surface area contributed by atoms with Crippen molar-refractivity contribution in [2.24, 2.45) is 0 Å².